The molecule has 102 valence electrons. The molecule has 2 heterocycles. The molecule has 1 fully saturated rings. The molecule has 0 unspecified atom stereocenters. The predicted molar refractivity (Wildman–Crippen MR) is 71.7 cm³/mol. The molecule has 20 heavy (non-hydrogen) atoms. The summed E-state index contributed by atoms with van der Waals surface area (Å²) in [6.07, 6.45) is 4.06. The molecule has 5 heteroatoms. The standard InChI is InChI=1S/C15H14N2O3/c18-14-11-4-3-10(7-12(11)19-6-5-16-14)13-8-17-15(20-13)9-1-2-9/h3-4,7-9H,1-2,5-6H2,(H,16,18). The van der Waals surface area contributed by atoms with Gasteiger partial charge >= 0.3 is 0 Å². The molecule has 2 aliphatic rings. The fourth-order valence-electron chi connectivity index (χ4n) is 2.34. The maximum absolute atomic E-state index is 11.8. The van der Waals surface area contributed by atoms with Gasteiger partial charge in [-0.25, -0.2) is 4.98 Å². The number of hydrogen-bond donors (Lipinski definition) is 1. The first-order valence-corrected chi connectivity index (χ1v) is 6.82. The summed E-state index contributed by atoms with van der Waals surface area (Å²) in [5.41, 5.74) is 1.45. The Morgan fingerprint density at radius 1 is 1.30 bits per heavy atom. The number of hydrogen-bond acceptors (Lipinski definition) is 4. The van der Waals surface area contributed by atoms with Gasteiger partial charge in [-0.3, -0.25) is 4.79 Å². The highest BCUT2D eigenvalue weighted by atomic mass is 16.5. The van der Waals surface area contributed by atoms with Gasteiger partial charge < -0.3 is 14.5 Å². The first kappa shape index (κ1) is 11.5. The van der Waals surface area contributed by atoms with Crippen LogP contribution in [0.5, 0.6) is 5.75 Å². The summed E-state index contributed by atoms with van der Waals surface area (Å²) in [6.45, 7) is 1.00. The molecule has 1 aliphatic heterocycles. The summed E-state index contributed by atoms with van der Waals surface area (Å²) in [6, 6.07) is 5.48. The number of fused-ring (bicyclic) bond motifs is 1. The highest BCUT2D eigenvalue weighted by Gasteiger charge is 2.28. The average molecular weight is 270 g/mol. The van der Waals surface area contributed by atoms with Crippen molar-refractivity contribution in [2.45, 2.75) is 18.8 Å². The maximum atomic E-state index is 11.8. The summed E-state index contributed by atoms with van der Waals surface area (Å²) in [4.78, 5) is 16.1. The van der Waals surface area contributed by atoms with E-state index in [0.29, 0.717) is 30.4 Å². The van der Waals surface area contributed by atoms with Gasteiger partial charge in [-0.05, 0) is 25.0 Å². The van der Waals surface area contributed by atoms with E-state index in [1.807, 2.05) is 12.1 Å². The summed E-state index contributed by atoms with van der Waals surface area (Å²) in [5.74, 6) is 2.53. The largest absolute Gasteiger partial charge is 0.491 e. The van der Waals surface area contributed by atoms with Crippen LogP contribution in [0.25, 0.3) is 11.3 Å². The third-order valence-electron chi connectivity index (χ3n) is 3.61. The van der Waals surface area contributed by atoms with Gasteiger partial charge in [0.25, 0.3) is 5.91 Å². The quantitative estimate of drug-likeness (QED) is 0.909. The van der Waals surface area contributed by atoms with Crippen molar-refractivity contribution < 1.29 is 13.9 Å². The third-order valence-corrected chi connectivity index (χ3v) is 3.61. The number of ether oxygens (including phenoxy) is 1. The highest BCUT2D eigenvalue weighted by molar-refractivity contribution is 5.97. The maximum Gasteiger partial charge on any atom is 0.255 e. The Hall–Kier alpha value is -2.30. The zero-order valence-electron chi connectivity index (χ0n) is 10.9. The molecular weight excluding hydrogens is 256 g/mol. The van der Waals surface area contributed by atoms with Gasteiger partial charge in [0.1, 0.15) is 12.4 Å². The van der Waals surface area contributed by atoms with Crippen molar-refractivity contribution in [3.8, 4) is 17.1 Å². The minimum absolute atomic E-state index is 0.0970. The van der Waals surface area contributed by atoms with E-state index in [0.717, 1.165) is 30.1 Å². The molecule has 0 radical (unpaired) electrons. The molecule has 1 amide bonds. The number of nitrogens with one attached hydrogen (secondary N) is 1. The van der Waals surface area contributed by atoms with Crippen LogP contribution in [0.4, 0.5) is 0 Å². The van der Waals surface area contributed by atoms with Crippen molar-refractivity contribution in [1.82, 2.24) is 10.3 Å². The van der Waals surface area contributed by atoms with Gasteiger partial charge in [0.15, 0.2) is 11.7 Å². The number of nitrogens with zero attached hydrogens (tertiary/aromatic N) is 1. The molecule has 0 spiro atoms. The van der Waals surface area contributed by atoms with Crippen LogP contribution in [0, 0.1) is 0 Å². The Kier molecular flexibility index (Phi) is 2.52. The van der Waals surface area contributed by atoms with Crippen LogP contribution in [-0.2, 0) is 0 Å². The SMILES string of the molecule is O=C1NCCOc2cc(-c3cnc(C4CC4)o3)ccc21. The van der Waals surface area contributed by atoms with Crippen molar-refractivity contribution in [3.63, 3.8) is 0 Å². The van der Waals surface area contributed by atoms with Crippen molar-refractivity contribution >= 4 is 5.91 Å². The lowest BCUT2D eigenvalue weighted by Crippen LogP contribution is -2.24. The Labute approximate surface area is 116 Å². The van der Waals surface area contributed by atoms with Gasteiger partial charge in [0, 0.05) is 11.5 Å². The summed E-state index contributed by atoms with van der Waals surface area (Å²) >= 11 is 0. The second kappa shape index (κ2) is 4.37. The topological polar surface area (TPSA) is 64.4 Å². The summed E-state index contributed by atoms with van der Waals surface area (Å²) < 4.78 is 11.4. The number of rotatable bonds is 2. The second-order valence-electron chi connectivity index (χ2n) is 5.15. The zero-order chi connectivity index (χ0) is 13.5. The summed E-state index contributed by atoms with van der Waals surface area (Å²) in [5, 5.41) is 2.79. The zero-order valence-corrected chi connectivity index (χ0v) is 10.9. The van der Waals surface area contributed by atoms with E-state index in [1.54, 1.807) is 12.3 Å². The number of aromatic nitrogens is 1. The van der Waals surface area contributed by atoms with E-state index in [2.05, 4.69) is 10.3 Å². The van der Waals surface area contributed by atoms with Crippen molar-refractivity contribution in [3.05, 3.63) is 35.9 Å². The van der Waals surface area contributed by atoms with Crippen molar-refractivity contribution in [1.29, 1.82) is 0 Å². The highest BCUT2D eigenvalue weighted by Crippen LogP contribution is 2.40. The van der Waals surface area contributed by atoms with Crippen LogP contribution in [0.1, 0.15) is 35.0 Å². The Balaban J connectivity index is 1.71. The van der Waals surface area contributed by atoms with Crippen LogP contribution < -0.4 is 10.1 Å². The van der Waals surface area contributed by atoms with Crippen LogP contribution in [0.15, 0.2) is 28.8 Å². The fourth-order valence-corrected chi connectivity index (χ4v) is 2.34. The van der Waals surface area contributed by atoms with Gasteiger partial charge in [0.05, 0.1) is 18.3 Å². The Morgan fingerprint density at radius 2 is 2.20 bits per heavy atom. The molecule has 1 aromatic heterocycles. The minimum atomic E-state index is -0.0970. The monoisotopic (exact) mass is 270 g/mol. The first-order valence-electron chi connectivity index (χ1n) is 6.82. The van der Waals surface area contributed by atoms with Gasteiger partial charge in [0.2, 0.25) is 0 Å². The van der Waals surface area contributed by atoms with Crippen LogP contribution in [-0.4, -0.2) is 24.0 Å². The minimum Gasteiger partial charge on any atom is -0.491 e. The molecule has 2 aromatic rings. The first-order chi connectivity index (χ1) is 9.81. The van der Waals surface area contributed by atoms with Crippen molar-refractivity contribution in [2.75, 3.05) is 13.2 Å². The lowest BCUT2D eigenvalue weighted by molar-refractivity contribution is 0.0957. The fraction of sp³-hybridized carbons (Fsp3) is 0.333. The number of benzene rings is 1. The molecule has 0 bridgehead atoms. The lowest BCUT2D eigenvalue weighted by atomic mass is 10.1. The molecule has 4 rings (SSSR count). The Bertz CT molecular complexity index is 674. The second-order valence-corrected chi connectivity index (χ2v) is 5.15. The van der Waals surface area contributed by atoms with Crippen LogP contribution in [0.3, 0.4) is 0 Å². The van der Waals surface area contributed by atoms with Gasteiger partial charge in [-0.2, -0.15) is 0 Å². The van der Waals surface area contributed by atoms with Gasteiger partial charge in [-0.1, -0.05) is 6.07 Å². The molecule has 1 aromatic carbocycles. The molecule has 5 nitrogen and oxygen atoms in total. The molecular formula is C15H14N2O3. The van der Waals surface area contributed by atoms with Gasteiger partial charge in [-0.15, -0.1) is 0 Å². The molecule has 1 aliphatic carbocycles. The number of carbonyl (C=O) groups is 1. The lowest BCUT2D eigenvalue weighted by Gasteiger charge is -2.06. The van der Waals surface area contributed by atoms with E-state index < -0.39 is 0 Å². The molecule has 1 N–H and O–H groups in total. The van der Waals surface area contributed by atoms with E-state index >= 15 is 0 Å². The molecule has 0 saturated heterocycles. The summed E-state index contributed by atoms with van der Waals surface area (Å²) in [7, 11) is 0. The smallest absolute Gasteiger partial charge is 0.255 e. The van der Waals surface area contributed by atoms with Crippen LogP contribution in [0.2, 0.25) is 0 Å². The van der Waals surface area contributed by atoms with Crippen LogP contribution >= 0.6 is 0 Å². The van der Waals surface area contributed by atoms with E-state index in [9.17, 15) is 4.79 Å². The average Bonchev–Trinajstić information content (AvgIpc) is 3.23. The Morgan fingerprint density at radius 3 is 3.05 bits per heavy atom. The number of amides is 1. The molecule has 0 atom stereocenters. The molecule has 1 saturated carbocycles. The number of carbonyl (C=O) groups excluding carboxylic acids is 1. The van der Waals surface area contributed by atoms with E-state index in [4.69, 9.17) is 9.15 Å². The van der Waals surface area contributed by atoms with E-state index in [-0.39, 0.29) is 5.91 Å². The predicted octanol–water partition coefficient (Wildman–Crippen LogP) is 2.34. The normalized spacial score (nSPS) is 17.9. The van der Waals surface area contributed by atoms with Crippen molar-refractivity contribution in [2.24, 2.45) is 0 Å². The number of oxazole rings is 1. The third kappa shape index (κ3) is 1.95. The van der Waals surface area contributed by atoms with E-state index in [1.165, 1.54) is 0 Å².